The van der Waals surface area contributed by atoms with E-state index in [0.29, 0.717) is 24.0 Å². The highest BCUT2D eigenvalue weighted by atomic mass is 16.6. The van der Waals surface area contributed by atoms with E-state index in [9.17, 15) is 9.59 Å². The van der Waals surface area contributed by atoms with Crippen LogP contribution in [0.1, 0.15) is 73.1 Å². The van der Waals surface area contributed by atoms with Gasteiger partial charge in [0.25, 0.3) is 0 Å². The lowest BCUT2D eigenvalue weighted by Crippen LogP contribution is -2.35. The van der Waals surface area contributed by atoms with E-state index >= 15 is 0 Å². The average Bonchev–Trinajstić information content (AvgIpc) is 2.75. The molecule has 0 radical (unpaired) electrons. The van der Waals surface area contributed by atoms with Crippen LogP contribution in [0.2, 0.25) is 0 Å². The molecule has 0 N–H and O–H groups in total. The van der Waals surface area contributed by atoms with E-state index in [1.807, 2.05) is 36.4 Å². The minimum Gasteiger partial charge on any atom is -0.455 e. The van der Waals surface area contributed by atoms with Crippen LogP contribution in [0.3, 0.4) is 0 Å². The summed E-state index contributed by atoms with van der Waals surface area (Å²) in [6, 6.07) is 17.9. The molecular weight excluding hydrogens is 352 g/mol. The average molecular weight is 383 g/mol. The fourth-order valence-electron chi connectivity index (χ4n) is 3.01. The number of rotatable bonds is 11. The highest BCUT2D eigenvalue weighted by Crippen LogP contribution is 2.21. The summed E-state index contributed by atoms with van der Waals surface area (Å²) in [4.78, 5) is 25.2. The van der Waals surface area contributed by atoms with Crippen molar-refractivity contribution >= 4 is 11.9 Å². The molecule has 0 aromatic heterocycles. The monoisotopic (exact) mass is 382 g/mol. The highest BCUT2D eigenvalue weighted by Gasteiger charge is 2.29. The van der Waals surface area contributed by atoms with Gasteiger partial charge in [0.05, 0.1) is 11.1 Å². The van der Waals surface area contributed by atoms with Crippen LogP contribution in [0.4, 0.5) is 0 Å². The molecule has 0 aliphatic rings. The van der Waals surface area contributed by atoms with Crippen LogP contribution in [0.25, 0.3) is 0 Å². The van der Waals surface area contributed by atoms with Gasteiger partial charge in [-0.05, 0) is 49.9 Å². The van der Waals surface area contributed by atoms with Crippen LogP contribution < -0.4 is 0 Å². The number of esters is 2. The summed E-state index contributed by atoms with van der Waals surface area (Å²) in [6.45, 7) is 4.18. The predicted molar refractivity (Wildman–Crippen MR) is 110 cm³/mol. The molecule has 150 valence electrons. The SMILES string of the molecule is CCCCC(OC(=O)c1ccccc1)C(CCCC)OC(=O)c1ccccc1. The first-order valence-electron chi connectivity index (χ1n) is 10.2. The summed E-state index contributed by atoms with van der Waals surface area (Å²) < 4.78 is 11.6. The Labute approximate surface area is 167 Å². The zero-order valence-electron chi connectivity index (χ0n) is 16.8. The normalized spacial score (nSPS) is 12.8. The van der Waals surface area contributed by atoms with E-state index in [4.69, 9.17) is 9.47 Å². The molecule has 4 heteroatoms. The van der Waals surface area contributed by atoms with Crippen molar-refractivity contribution in [1.29, 1.82) is 0 Å². The maximum absolute atomic E-state index is 12.6. The molecule has 2 atom stereocenters. The molecular formula is C24H30O4. The molecule has 2 aromatic rings. The van der Waals surface area contributed by atoms with Crippen molar-refractivity contribution in [1.82, 2.24) is 0 Å². The van der Waals surface area contributed by atoms with Crippen LogP contribution in [0.5, 0.6) is 0 Å². The molecule has 0 saturated carbocycles. The Hall–Kier alpha value is -2.62. The minimum absolute atomic E-state index is 0.376. The fourth-order valence-corrected chi connectivity index (χ4v) is 3.01. The molecule has 2 aromatic carbocycles. The molecule has 2 rings (SSSR count). The molecule has 0 bridgehead atoms. The van der Waals surface area contributed by atoms with E-state index in [-0.39, 0.29) is 11.9 Å². The Bertz CT molecular complexity index is 648. The molecule has 2 unspecified atom stereocenters. The lowest BCUT2D eigenvalue weighted by molar-refractivity contribution is -0.0422. The van der Waals surface area contributed by atoms with Crippen molar-refractivity contribution < 1.29 is 19.1 Å². The van der Waals surface area contributed by atoms with E-state index in [0.717, 1.165) is 25.7 Å². The van der Waals surface area contributed by atoms with Crippen molar-refractivity contribution in [3.8, 4) is 0 Å². The number of hydrogen-bond donors (Lipinski definition) is 0. The van der Waals surface area contributed by atoms with Gasteiger partial charge in [-0.3, -0.25) is 0 Å². The minimum atomic E-state index is -0.452. The van der Waals surface area contributed by atoms with E-state index < -0.39 is 12.2 Å². The first-order chi connectivity index (χ1) is 13.7. The van der Waals surface area contributed by atoms with Gasteiger partial charge in [-0.15, -0.1) is 0 Å². The molecule has 0 spiro atoms. The van der Waals surface area contributed by atoms with Crippen LogP contribution in [-0.2, 0) is 9.47 Å². The van der Waals surface area contributed by atoms with Crippen molar-refractivity contribution in [2.24, 2.45) is 0 Å². The zero-order valence-corrected chi connectivity index (χ0v) is 16.8. The number of hydrogen-bond acceptors (Lipinski definition) is 4. The second-order valence-corrected chi connectivity index (χ2v) is 6.90. The second-order valence-electron chi connectivity index (χ2n) is 6.90. The third kappa shape index (κ3) is 6.84. The Kier molecular flexibility index (Phi) is 9.26. The van der Waals surface area contributed by atoms with Crippen molar-refractivity contribution in [2.45, 2.75) is 64.6 Å². The van der Waals surface area contributed by atoms with Gasteiger partial charge in [-0.25, -0.2) is 9.59 Å². The molecule has 28 heavy (non-hydrogen) atoms. The summed E-state index contributed by atoms with van der Waals surface area (Å²) in [6.07, 6.45) is 4.20. The first-order valence-corrected chi connectivity index (χ1v) is 10.2. The summed E-state index contributed by atoms with van der Waals surface area (Å²) in [7, 11) is 0. The van der Waals surface area contributed by atoms with Gasteiger partial charge in [0.15, 0.2) is 0 Å². The number of carbonyl (C=O) groups is 2. The van der Waals surface area contributed by atoms with Crippen molar-refractivity contribution in [2.75, 3.05) is 0 Å². The molecule has 0 heterocycles. The van der Waals surface area contributed by atoms with E-state index in [1.165, 1.54) is 0 Å². The van der Waals surface area contributed by atoms with Crippen LogP contribution in [-0.4, -0.2) is 24.1 Å². The molecule has 0 aliphatic heterocycles. The van der Waals surface area contributed by atoms with Crippen LogP contribution in [0.15, 0.2) is 60.7 Å². The lowest BCUT2D eigenvalue weighted by Gasteiger charge is -2.27. The van der Waals surface area contributed by atoms with E-state index in [1.54, 1.807) is 24.3 Å². The topological polar surface area (TPSA) is 52.6 Å². The Balaban J connectivity index is 2.15. The summed E-state index contributed by atoms with van der Waals surface area (Å²) in [5.74, 6) is -0.752. The van der Waals surface area contributed by atoms with Crippen LogP contribution >= 0.6 is 0 Å². The largest absolute Gasteiger partial charge is 0.455 e. The van der Waals surface area contributed by atoms with Crippen molar-refractivity contribution in [3.63, 3.8) is 0 Å². The molecule has 0 fully saturated rings. The summed E-state index contributed by atoms with van der Waals surface area (Å²) >= 11 is 0. The maximum atomic E-state index is 12.6. The lowest BCUT2D eigenvalue weighted by atomic mass is 10.0. The Morgan fingerprint density at radius 2 is 1.04 bits per heavy atom. The molecule has 0 amide bonds. The standard InChI is InChI=1S/C24H30O4/c1-3-5-17-21(27-23(25)19-13-9-7-10-14-19)22(18-6-4-2)28-24(26)20-15-11-8-12-16-20/h7-16,21-22H,3-6,17-18H2,1-2H3. The van der Waals surface area contributed by atoms with Gasteiger partial charge in [0, 0.05) is 0 Å². The summed E-state index contributed by atoms with van der Waals surface area (Å²) in [5, 5.41) is 0. The van der Waals surface area contributed by atoms with Gasteiger partial charge in [0.2, 0.25) is 0 Å². The third-order valence-corrected chi connectivity index (χ3v) is 4.63. The number of ether oxygens (including phenoxy) is 2. The second kappa shape index (κ2) is 12.0. The van der Waals surface area contributed by atoms with Gasteiger partial charge in [-0.2, -0.15) is 0 Å². The zero-order chi connectivity index (χ0) is 20.2. The van der Waals surface area contributed by atoms with E-state index in [2.05, 4.69) is 13.8 Å². The van der Waals surface area contributed by atoms with Crippen LogP contribution in [0, 0.1) is 0 Å². The number of carbonyl (C=O) groups excluding carboxylic acids is 2. The quantitative estimate of drug-likeness (QED) is 0.460. The summed E-state index contributed by atoms with van der Waals surface area (Å²) in [5.41, 5.74) is 1.01. The molecule has 0 saturated heterocycles. The fraction of sp³-hybridized carbons (Fsp3) is 0.417. The maximum Gasteiger partial charge on any atom is 0.338 e. The highest BCUT2D eigenvalue weighted by molar-refractivity contribution is 5.90. The van der Waals surface area contributed by atoms with Gasteiger partial charge in [-0.1, -0.05) is 63.1 Å². The first kappa shape index (κ1) is 21.7. The number of unbranched alkanes of at least 4 members (excludes halogenated alkanes) is 2. The predicted octanol–water partition coefficient (Wildman–Crippen LogP) is 5.82. The van der Waals surface area contributed by atoms with Gasteiger partial charge in [0.1, 0.15) is 12.2 Å². The third-order valence-electron chi connectivity index (χ3n) is 4.63. The van der Waals surface area contributed by atoms with Crippen molar-refractivity contribution in [3.05, 3.63) is 71.8 Å². The molecule has 0 aliphatic carbocycles. The van der Waals surface area contributed by atoms with Gasteiger partial charge >= 0.3 is 11.9 Å². The number of benzene rings is 2. The Morgan fingerprint density at radius 3 is 1.36 bits per heavy atom. The Morgan fingerprint density at radius 1 is 0.679 bits per heavy atom. The smallest absolute Gasteiger partial charge is 0.338 e. The molecule has 4 nitrogen and oxygen atoms in total. The van der Waals surface area contributed by atoms with Gasteiger partial charge < -0.3 is 9.47 Å².